The zero-order chi connectivity index (χ0) is 22.1. The molecule has 2 atom stereocenters. The van der Waals surface area contributed by atoms with E-state index in [4.69, 9.17) is 13.9 Å². The molecule has 1 heterocycles. The number of hydrogen-bond acceptors (Lipinski definition) is 7. The fraction of sp³-hybridized carbons (Fsp3) is 0.545. The van der Waals surface area contributed by atoms with Crippen molar-refractivity contribution < 1.29 is 23.5 Å². The van der Waals surface area contributed by atoms with Crippen LogP contribution in [-0.4, -0.2) is 41.5 Å². The number of hydrogen-bond donors (Lipinski definition) is 1. The van der Waals surface area contributed by atoms with E-state index in [1.165, 1.54) is 7.11 Å². The number of nitrogens with zero attached hydrogens (tertiary/aromatic N) is 2. The SMILES string of the molecule is CCCC[C@H](NC(=O)OC(Cc1nnc(-c2ccccc2)o1)C(C)(C)C)C(=O)OC. The first-order valence-corrected chi connectivity index (χ1v) is 10.2. The Morgan fingerprint density at radius 1 is 1.17 bits per heavy atom. The van der Waals surface area contributed by atoms with Crippen LogP contribution in [0, 0.1) is 5.41 Å². The van der Waals surface area contributed by atoms with E-state index >= 15 is 0 Å². The van der Waals surface area contributed by atoms with Crippen LogP contribution in [0.25, 0.3) is 11.5 Å². The number of benzene rings is 1. The van der Waals surface area contributed by atoms with Crippen LogP contribution in [0.1, 0.15) is 52.8 Å². The lowest BCUT2D eigenvalue weighted by Crippen LogP contribution is -2.45. The zero-order valence-electron chi connectivity index (χ0n) is 18.3. The van der Waals surface area contributed by atoms with E-state index in [9.17, 15) is 9.59 Å². The highest BCUT2D eigenvalue weighted by molar-refractivity contribution is 5.81. The van der Waals surface area contributed by atoms with E-state index in [2.05, 4.69) is 15.5 Å². The molecule has 1 unspecified atom stereocenters. The van der Waals surface area contributed by atoms with Crippen LogP contribution in [0.3, 0.4) is 0 Å². The van der Waals surface area contributed by atoms with E-state index < -0.39 is 24.2 Å². The number of ether oxygens (including phenoxy) is 2. The van der Waals surface area contributed by atoms with Gasteiger partial charge in [-0.2, -0.15) is 0 Å². The summed E-state index contributed by atoms with van der Waals surface area (Å²) in [5.41, 5.74) is 0.433. The molecule has 8 heteroatoms. The monoisotopic (exact) mass is 417 g/mol. The fourth-order valence-corrected chi connectivity index (χ4v) is 2.82. The van der Waals surface area contributed by atoms with Crippen LogP contribution in [0.5, 0.6) is 0 Å². The Hall–Kier alpha value is -2.90. The van der Waals surface area contributed by atoms with Gasteiger partial charge < -0.3 is 19.2 Å². The Kier molecular flexibility index (Phi) is 8.38. The molecule has 0 saturated carbocycles. The maximum atomic E-state index is 12.5. The van der Waals surface area contributed by atoms with Gasteiger partial charge >= 0.3 is 12.1 Å². The van der Waals surface area contributed by atoms with Gasteiger partial charge in [0.05, 0.1) is 13.5 Å². The summed E-state index contributed by atoms with van der Waals surface area (Å²) < 4.78 is 16.2. The van der Waals surface area contributed by atoms with Gasteiger partial charge in [-0.25, -0.2) is 9.59 Å². The largest absolute Gasteiger partial charge is 0.467 e. The molecule has 8 nitrogen and oxygen atoms in total. The summed E-state index contributed by atoms with van der Waals surface area (Å²) in [6.07, 6.45) is 1.22. The molecule has 1 amide bonds. The van der Waals surface area contributed by atoms with Crippen LogP contribution < -0.4 is 5.32 Å². The first-order valence-electron chi connectivity index (χ1n) is 10.2. The van der Waals surface area contributed by atoms with Gasteiger partial charge in [-0.3, -0.25) is 0 Å². The minimum Gasteiger partial charge on any atom is -0.467 e. The normalized spacial score (nSPS) is 13.4. The van der Waals surface area contributed by atoms with Gasteiger partial charge in [-0.1, -0.05) is 58.7 Å². The summed E-state index contributed by atoms with van der Waals surface area (Å²) in [6, 6.07) is 8.71. The minimum atomic E-state index is -0.740. The van der Waals surface area contributed by atoms with Crippen molar-refractivity contribution in [2.24, 2.45) is 5.41 Å². The topological polar surface area (TPSA) is 104 Å². The van der Waals surface area contributed by atoms with Crippen LogP contribution in [-0.2, 0) is 20.7 Å². The van der Waals surface area contributed by atoms with Crippen LogP contribution in [0.2, 0.25) is 0 Å². The molecular weight excluding hydrogens is 386 g/mol. The van der Waals surface area contributed by atoms with Gasteiger partial charge in [0.2, 0.25) is 11.8 Å². The summed E-state index contributed by atoms with van der Waals surface area (Å²) in [7, 11) is 1.30. The smallest absolute Gasteiger partial charge is 0.408 e. The highest BCUT2D eigenvalue weighted by Gasteiger charge is 2.32. The number of rotatable bonds is 9. The van der Waals surface area contributed by atoms with Crippen molar-refractivity contribution in [2.75, 3.05) is 7.11 Å². The van der Waals surface area contributed by atoms with Crippen LogP contribution in [0.4, 0.5) is 4.79 Å². The number of carbonyl (C=O) groups excluding carboxylic acids is 2. The lowest BCUT2D eigenvalue weighted by Gasteiger charge is -2.30. The molecule has 1 aromatic heterocycles. The standard InChI is InChI=1S/C22H31N3O5/c1-6-7-13-16(20(26)28-5)23-21(27)29-17(22(2,3)4)14-18-24-25-19(30-18)15-11-9-8-10-12-15/h8-12,16-17H,6-7,13-14H2,1-5H3,(H,23,27)/t16-,17?/m0/s1. The average Bonchev–Trinajstić information content (AvgIpc) is 3.18. The second kappa shape index (κ2) is 10.8. The Morgan fingerprint density at radius 2 is 1.87 bits per heavy atom. The summed E-state index contributed by atoms with van der Waals surface area (Å²) in [6.45, 7) is 7.87. The van der Waals surface area contributed by atoms with Crippen molar-refractivity contribution in [2.45, 2.75) is 65.5 Å². The predicted molar refractivity (Wildman–Crippen MR) is 112 cm³/mol. The van der Waals surface area contributed by atoms with Crippen molar-refractivity contribution in [3.8, 4) is 11.5 Å². The Bertz CT molecular complexity index is 814. The third kappa shape index (κ3) is 6.86. The third-order valence-electron chi connectivity index (χ3n) is 4.69. The molecular formula is C22H31N3O5. The molecule has 30 heavy (non-hydrogen) atoms. The van der Waals surface area contributed by atoms with Gasteiger partial charge in [0, 0.05) is 5.56 Å². The Balaban J connectivity index is 2.06. The van der Waals surface area contributed by atoms with Gasteiger partial charge in [0.1, 0.15) is 12.1 Å². The average molecular weight is 418 g/mol. The van der Waals surface area contributed by atoms with Crippen LogP contribution >= 0.6 is 0 Å². The molecule has 0 radical (unpaired) electrons. The summed E-state index contributed by atoms with van der Waals surface area (Å²) in [5, 5.41) is 10.8. The molecule has 2 rings (SSSR count). The van der Waals surface area contributed by atoms with Gasteiger partial charge in [-0.15, -0.1) is 10.2 Å². The lowest BCUT2D eigenvalue weighted by atomic mass is 9.87. The first-order chi connectivity index (χ1) is 14.2. The maximum absolute atomic E-state index is 12.5. The molecule has 0 aliphatic heterocycles. The van der Waals surface area contributed by atoms with Crippen LogP contribution in [0.15, 0.2) is 34.7 Å². The van der Waals surface area contributed by atoms with Crippen molar-refractivity contribution in [1.82, 2.24) is 15.5 Å². The van der Waals surface area contributed by atoms with Gasteiger partial charge in [-0.05, 0) is 24.0 Å². The number of amides is 1. The molecule has 2 aromatic rings. The molecule has 164 valence electrons. The molecule has 0 aliphatic rings. The van der Waals surface area contributed by atoms with E-state index in [0.29, 0.717) is 18.2 Å². The highest BCUT2D eigenvalue weighted by atomic mass is 16.6. The number of esters is 1. The maximum Gasteiger partial charge on any atom is 0.408 e. The summed E-state index contributed by atoms with van der Waals surface area (Å²) in [4.78, 5) is 24.4. The molecule has 0 saturated heterocycles. The number of unbranched alkanes of at least 4 members (excludes halogenated alkanes) is 1. The predicted octanol–water partition coefficient (Wildman–Crippen LogP) is 4.15. The first kappa shape index (κ1) is 23.4. The van der Waals surface area contributed by atoms with E-state index in [-0.39, 0.29) is 11.8 Å². The summed E-state index contributed by atoms with van der Waals surface area (Å²) >= 11 is 0. The molecule has 0 fully saturated rings. The van der Waals surface area contributed by atoms with Crippen molar-refractivity contribution in [3.05, 3.63) is 36.2 Å². The number of aromatic nitrogens is 2. The lowest BCUT2D eigenvalue weighted by molar-refractivity contribution is -0.143. The minimum absolute atomic E-state index is 0.259. The second-order valence-corrected chi connectivity index (χ2v) is 8.19. The van der Waals surface area contributed by atoms with Crippen molar-refractivity contribution in [3.63, 3.8) is 0 Å². The van der Waals surface area contributed by atoms with Crippen molar-refractivity contribution >= 4 is 12.1 Å². The zero-order valence-corrected chi connectivity index (χ0v) is 18.3. The van der Waals surface area contributed by atoms with Gasteiger partial charge in [0.25, 0.3) is 0 Å². The summed E-state index contributed by atoms with van der Waals surface area (Å²) in [5.74, 6) is 0.294. The highest BCUT2D eigenvalue weighted by Crippen LogP contribution is 2.27. The third-order valence-corrected chi connectivity index (χ3v) is 4.69. The quantitative estimate of drug-likeness (QED) is 0.611. The number of nitrogens with one attached hydrogen (secondary N) is 1. The molecule has 0 spiro atoms. The van der Waals surface area contributed by atoms with E-state index in [0.717, 1.165) is 18.4 Å². The molecule has 1 N–H and O–H groups in total. The number of methoxy groups -OCH3 is 1. The molecule has 1 aromatic carbocycles. The molecule has 0 aliphatic carbocycles. The second-order valence-electron chi connectivity index (χ2n) is 8.19. The number of alkyl carbamates (subject to hydrolysis) is 1. The van der Waals surface area contributed by atoms with Gasteiger partial charge in [0.15, 0.2) is 0 Å². The Labute approximate surface area is 177 Å². The Morgan fingerprint density at radius 3 is 2.47 bits per heavy atom. The molecule has 0 bridgehead atoms. The fourth-order valence-electron chi connectivity index (χ4n) is 2.82. The number of carbonyl (C=O) groups is 2. The van der Waals surface area contributed by atoms with Crippen molar-refractivity contribution in [1.29, 1.82) is 0 Å². The van der Waals surface area contributed by atoms with E-state index in [1.54, 1.807) is 0 Å². The van der Waals surface area contributed by atoms with E-state index in [1.807, 2.05) is 58.0 Å².